The molecule has 0 amide bonds. The van der Waals surface area contributed by atoms with E-state index in [0.29, 0.717) is 5.39 Å². The number of benzene rings is 2. The number of carbonyl (C=O) groups is 1. The molecule has 0 aliphatic carbocycles. The van der Waals surface area contributed by atoms with Gasteiger partial charge in [0.05, 0.1) is 36.8 Å². The molecule has 0 fully saturated rings. The quantitative estimate of drug-likeness (QED) is 0.472. The zero-order valence-electron chi connectivity index (χ0n) is 13.7. The SMILES string of the molecule is COc1cc(C(=O)OC(C)C)c(OC)c2c(N=O)ccc(NO)c12. The normalized spacial score (nSPS) is 10.6. The van der Waals surface area contributed by atoms with Crippen LogP contribution in [0.4, 0.5) is 11.4 Å². The fourth-order valence-electron chi connectivity index (χ4n) is 2.45. The van der Waals surface area contributed by atoms with Crippen LogP contribution in [-0.2, 0) is 4.74 Å². The molecule has 0 radical (unpaired) electrons. The standard InChI is InChI=1S/C16H18N2O6/c1-8(2)24-16(19)9-7-12(22-3)13-10(17-20)5-6-11(18-21)14(13)15(9)23-4/h5-8,17,20H,1-4H3. The van der Waals surface area contributed by atoms with Crippen LogP contribution in [-0.4, -0.2) is 31.5 Å². The highest BCUT2D eigenvalue weighted by atomic mass is 16.5. The summed E-state index contributed by atoms with van der Waals surface area (Å²) in [4.78, 5) is 23.6. The van der Waals surface area contributed by atoms with Gasteiger partial charge in [-0.1, -0.05) is 0 Å². The number of methoxy groups -OCH3 is 2. The number of hydrogen-bond acceptors (Lipinski definition) is 8. The summed E-state index contributed by atoms with van der Waals surface area (Å²) >= 11 is 0. The Morgan fingerprint density at radius 3 is 2.42 bits per heavy atom. The van der Waals surface area contributed by atoms with Crippen LogP contribution in [0.3, 0.4) is 0 Å². The Labute approximate surface area is 138 Å². The van der Waals surface area contributed by atoms with Crippen molar-refractivity contribution < 1.29 is 24.2 Å². The molecule has 8 heteroatoms. The number of carbonyl (C=O) groups excluding carboxylic acids is 1. The lowest BCUT2D eigenvalue weighted by Gasteiger charge is -2.18. The van der Waals surface area contributed by atoms with Gasteiger partial charge in [-0.05, 0) is 37.2 Å². The summed E-state index contributed by atoms with van der Waals surface area (Å²) in [6, 6.07) is 4.29. The molecule has 2 aromatic carbocycles. The lowest BCUT2D eigenvalue weighted by Crippen LogP contribution is -2.13. The molecule has 8 nitrogen and oxygen atoms in total. The van der Waals surface area contributed by atoms with Crippen LogP contribution in [0.25, 0.3) is 10.8 Å². The van der Waals surface area contributed by atoms with Crippen molar-refractivity contribution in [1.29, 1.82) is 0 Å². The highest BCUT2D eigenvalue weighted by Crippen LogP contribution is 2.45. The van der Waals surface area contributed by atoms with E-state index in [9.17, 15) is 14.9 Å². The third-order valence-electron chi connectivity index (χ3n) is 3.38. The van der Waals surface area contributed by atoms with Gasteiger partial charge in [-0.3, -0.25) is 10.7 Å². The fraction of sp³-hybridized carbons (Fsp3) is 0.312. The van der Waals surface area contributed by atoms with Crippen LogP contribution in [0.5, 0.6) is 11.5 Å². The van der Waals surface area contributed by atoms with Gasteiger partial charge >= 0.3 is 5.97 Å². The first-order valence-electron chi connectivity index (χ1n) is 7.14. The Morgan fingerprint density at radius 2 is 1.92 bits per heavy atom. The Morgan fingerprint density at radius 1 is 1.21 bits per heavy atom. The molecule has 0 aliphatic heterocycles. The largest absolute Gasteiger partial charge is 0.496 e. The molecular formula is C16H18N2O6. The topological polar surface area (TPSA) is 106 Å². The Bertz CT molecular complexity index is 788. The van der Waals surface area contributed by atoms with Crippen molar-refractivity contribution in [1.82, 2.24) is 0 Å². The molecule has 2 rings (SSSR count). The molecular weight excluding hydrogens is 316 g/mol. The van der Waals surface area contributed by atoms with E-state index < -0.39 is 5.97 Å². The molecule has 0 unspecified atom stereocenters. The van der Waals surface area contributed by atoms with Gasteiger partial charge in [-0.2, -0.15) is 0 Å². The molecule has 128 valence electrons. The van der Waals surface area contributed by atoms with E-state index in [0.717, 1.165) is 0 Å². The molecule has 0 saturated heterocycles. The average Bonchev–Trinajstić information content (AvgIpc) is 2.58. The van der Waals surface area contributed by atoms with Gasteiger partial charge in [0, 0.05) is 0 Å². The van der Waals surface area contributed by atoms with E-state index >= 15 is 0 Å². The number of rotatable bonds is 6. The monoisotopic (exact) mass is 334 g/mol. The highest BCUT2D eigenvalue weighted by molar-refractivity contribution is 6.12. The first kappa shape index (κ1) is 17.5. The van der Waals surface area contributed by atoms with Gasteiger partial charge in [0.15, 0.2) is 0 Å². The van der Waals surface area contributed by atoms with Crippen molar-refractivity contribution in [3.05, 3.63) is 28.7 Å². The van der Waals surface area contributed by atoms with E-state index in [2.05, 4.69) is 5.18 Å². The first-order valence-corrected chi connectivity index (χ1v) is 7.14. The lowest BCUT2D eigenvalue weighted by molar-refractivity contribution is 0.0374. The van der Waals surface area contributed by atoms with Crippen molar-refractivity contribution in [2.45, 2.75) is 20.0 Å². The maximum absolute atomic E-state index is 12.4. The maximum Gasteiger partial charge on any atom is 0.342 e. The number of ether oxygens (including phenoxy) is 3. The van der Waals surface area contributed by atoms with Crippen LogP contribution in [0.1, 0.15) is 24.2 Å². The number of nitrogens with zero attached hydrogens (tertiary/aromatic N) is 1. The van der Waals surface area contributed by atoms with Crippen molar-refractivity contribution in [2.75, 3.05) is 19.7 Å². The minimum Gasteiger partial charge on any atom is -0.496 e. The number of anilines is 1. The summed E-state index contributed by atoms with van der Waals surface area (Å²) < 4.78 is 15.9. The third-order valence-corrected chi connectivity index (χ3v) is 3.38. The Balaban J connectivity index is 2.92. The predicted molar refractivity (Wildman–Crippen MR) is 88.5 cm³/mol. The van der Waals surface area contributed by atoms with Crippen molar-refractivity contribution in [2.24, 2.45) is 5.18 Å². The van der Waals surface area contributed by atoms with E-state index in [1.807, 2.05) is 5.48 Å². The molecule has 0 heterocycles. The minimum absolute atomic E-state index is 0.0401. The van der Waals surface area contributed by atoms with Gasteiger partial charge in [-0.15, -0.1) is 4.91 Å². The molecule has 2 aromatic rings. The molecule has 24 heavy (non-hydrogen) atoms. The number of hydrogen-bond donors (Lipinski definition) is 2. The fourth-order valence-corrected chi connectivity index (χ4v) is 2.45. The first-order chi connectivity index (χ1) is 11.5. The predicted octanol–water partition coefficient (Wildman–Crippen LogP) is 3.62. The van der Waals surface area contributed by atoms with Gasteiger partial charge in [-0.25, -0.2) is 4.79 Å². The van der Waals surface area contributed by atoms with Crippen LogP contribution in [0.2, 0.25) is 0 Å². The minimum atomic E-state index is -0.624. The molecule has 0 saturated carbocycles. The molecule has 2 N–H and O–H groups in total. The summed E-state index contributed by atoms with van der Waals surface area (Å²) in [5.41, 5.74) is 2.44. The maximum atomic E-state index is 12.4. The lowest BCUT2D eigenvalue weighted by atomic mass is 10.0. The van der Waals surface area contributed by atoms with Crippen molar-refractivity contribution >= 4 is 28.1 Å². The van der Waals surface area contributed by atoms with Crippen molar-refractivity contribution in [3.63, 3.8) is 0 Å². The van der Waals surface area contributed by atoms with Crippen molar-refractivity contribution in [3.8, 4) is 11.5 Å². The van der Waals surface area contributed by atoms with Gasteiger partial charge in [0.25, 0.3) is 0 Å². The Hall–Kier alpha value is -2.87. The second kappa shape index (κ2) is 7.14. The van der Waals surface area contributed by atoms with Crippen LogP contribution in [0.15, 0.2) is 23.4 Å². The smallest absolute Gasteiger partial charge is 0.342 e. The second-order valence-corrected chi connectivity index (χ2v) is 5.20. The zero-order chi connectivity index (χ0) is 17.9. The third kappa shape index (κ3) is 2.95. The van der Waals surface area contributed by atoms with E-state index in [1.165, 1.54) is 32.4 Å². The molecule has 0 spiro atoms. The van der Waals surface area contributed by atoms with Crippen LogP contribution in [0, 0.1) is 4.91 Å². The number of fused-ring (bicyclic) bond motifs is 1. The summed E-state index contributed by atoms with van der Waals surface area (Å²) in [7, 11) is 2.77. The number of nitroso groups, excluding NO2 is 1. The Kier molecular flexibility index (Phi) is 5.20. The number of nitrogens with one attached hydrogen (secondary N) is 1. The summed E-state index contributed by atoms with van der Waals surface area (Å²) in [5, 5.41) is 12.9. The van der Waals surface area contributed by atoms with Gasteiger partial charge in [0.2, 0.25) is 0 Å². The summed E-state index contributed by atoms with van der Waals surface area (Å²) in [6.45, 7) is 3.43. The van der Waals surface area contributed by atoms with Crippen LogP contribution < -0.4 is 15.0 Å². The van der Waals surface area contributed by atoms with E-state index in [1.54, 1.807) is 13.8 Å². The highest BCUT2D eigenvalue weighted by Gasteiger charge is 2.25. The average molecular weight is 334 g/mol. The van der Waals surface area contributed by atoms with E-state index in [-0.39, 0.29) is 39.9 Å². The number of esters is 1. The van der Waals surface area contributed by atoms with Gasteiger partial charge < -0.3 is 14.2 Å². The molecule has 0 aromatic heterocycles. The zero-order valence-corrected chi connectivity index (χ0v) is 13.7. The molecule has 0 bridgehead atoms. The van der Waals surface area contributed by atoms with Crippen LogP contribution >= 0.6 is 0 Å². The summed E-state index contributed by atoms with van der Waals surface area (Å²) in [6.07, 6.45) is -0.335. The molecule has 0 atom stereocenters. The second-order valence-electron chi connectivity index (χ2n) is 5.20. The van der Waals surface area contributed by atoms with E-state index in [4.69, 9.17) is 14.2 Å². The summed E-state index contributed by atoms with van der Waals surface area (Å²) in [5.74, 6) is -0.257. The molecule has 0 aliphatic rings. The van der Waals surface area contributed by atoms with Gasteiger partial charge in [0.1, 0.15) is 22.7 Å².